The Bertz CT molecular complexity index is 1490. The molecule has 0 aliphatic carbocycles. The first-order valence-electron chi connectivity index (χ1n) is 14.2. The van der Waals surface area contributed by atoms with Gasteiger partial charge in [0.15, 0.2) is 5.82 Å². The molecule has 41 heavy (non-hydrogen) atoms. The summed E-state index contributed by atoms with van der Waals surface area (Å²) in [6.07, 6.45) is 9.93. The molecule has 5 rings (SSSR count). The lowest BCUT2D eigenvalue weighted by Gasteiger charge is -2.31. The molecule has 2 aliphatic heterocycles. The molecule has 3 aromatic rings. The van der Waals surface area contributed by atoms with E-state index in [2.05, 4.69) is 26.8 Å². The maximum atomic E-state index is 15.1. The van der Waals surface area contributed by atoms with Crippen molar-refractivity contribution in [3.05, 3.63) is 47.5 Å². The molecule has 9 nitrogen and oxygen atoms in total. The summed E-state index contributed by atoms with van der Waals surface area (Å²) in [5.74, 6) is 0.219. The molecule has 0 amide bonds. The van der Waals surface area contributed by atoms with Gasteiger partial charge in [-0.1, -0.05) is 30.8 Å². The molecule has 0 saturated carbocycles. The van der Waals surface area contributed by atoms with E-state index in [-0.39, 0.29) is 24.8 Å². The molecule has 0 bridgehead atoms. The van der Waals surface area contributed by atoms with Gasteiger partial charge in [-0.15, -0.1) is 0 Å². The van der Waals surface area contributed by atoms with E-state index in [1.165, 1.54) is 21.7 Å². The van der Waals surface area contributed by atoms with Crippen LogP contribution >= 0.6 is 11.3 Å². The van der Waals surface area contributed by atoms with Crippen LogP contribution in [0.4, 0.5) is 10.3 Å². The molecule has 12 heteroatoms. The zero-order valence-corrected chi connectivity index (χ0v) is 25.5. The van der Waals surface area contributed by atoms with E-state index in [0.29, 0.717) is 28.4 Å². The Labute approximate surface area is 245 Å². The standard InChI is InChI=1S/C29H38FN5O4S2/c1-4-5-20-18-31-27(32-19-20)34-11-8-23(9-12-34)39-28-33-26-24(30)16-22(17-25(26)40-28)21-6-13-35(14-7-21)41(37,38)15-10-29(2,3)36/h6,16-19,23,36H,4-5,7-15H2,1-3H3. The number of hydrogen-bond donors (Lipinski definition) is 1. The summed E-state index contributed by atoms with van der Waals surface area (Å²) in [5, 5.41) is 10.4. The van der Waals surface area contributed by atoms with Crippen molar-refractivity contribution in [3.8, 4) is 5.19 Å². The van der Waals surface area contributed by atoms with E-state index in [4.69, 9.17) is 4.74 Å². The molecule has 222 valence electrons. The molecule has 0 radical (unpaired) electrons. The number of aryl methyl sites for hydroxylation is 1. The molecule has 1 fully saturated rings. The highest BCUT2D eigenvalue weighted by atomic mass is 32.2. The minimum Gasteiger partial charge on any atom is -0.467 e. The molecular weight excluding hydrogens is 565 g/mol. The summed E-state index contributed by atoms with van der Waals surface area (Å²) in [6, 6.07) is 3.38. The van der Waals surface area contributed by atoms with Gasteiger partial charge in [0.05, 0.1) is 16.1 Å². The Kier molecular flexibility index (Phi) is 8.93. The summed E-state index contributed by atoms with van der Waals surface area (Å²) in [4.78, 5) is 15.6. The van der Waals surface area contributed by atoms with Crippen LogP contribution in [0.1, 0.15) is 64.0 Å². The highest BCUT2D eigenvalue weighted by Gasteiger charge is 2.28. The number of thiazole rings is 1. The number of fused-ring (bicyclic) bond motifs is 1. The summed E-state index contributed by atoms with van der Waals surface area (Å²) in [5.41, 5.74) is 2.04. The molecule has 0 atom stereocenters. The summed E-state index contributed by atoms with van der Waals surface area (Å²) in [6.45, 7) is 7.45. The smallest absolute Gasteiger partial charge is 0.274 e. The number of rotatable bonds is 10. The predicted molar refractivity (Wildman–Crippen MR) is 160 cm³/mol. The first-order chi connectivity index (χ1) is 19.5. The Morgan fingerprint density at radius 1 is 1.17 bits per heavy atom. The summed E-state index contributed by atoms with van der Waals surface area (Å²) in [7, 11) is -3.48. The number of piperidine rings is 1. The minimum atomic E-state index is -3.48. The number of aromatic nitrogens is 3. The molecular formula is C29H38FN5O4S2. The van der Waals surface area contributed by atoms with E-state index in [9.17, 15) is 13.5 Å². The van der Waals surface area contributed by atoms with Crippen LogP contribution in [-0.2, 0) is 16.4 Å². The van der Waals surface area contributed by atoms with Crippen molar-refractivity contribution in [2.75, 3.05) is 36.8 Å². The zero-order valence-electron chi connectivity index (χ0n) is 23.8. The number of aliphatic hydroxyl groups is 1. The van der Waals surface area contributed by atoms with Gasteiger partial charge in [0.1, 0.15) is 11.6 Å². The molecule has 1 N–H and O–H groups in total. The van der Waals surface area contributed by atoms with Gasteiger partial charge < -0.3 is 14.7 Å². The number of hydrogen-bond acceptors (Lipinski definition) is 9. The van der Waals surface area contributed by atoms with Gasteiger partial charge in [0.25, 0.3) is 5.19 Å². The van der Waals surface area contributed by atoms with Crippen LogP contribution in [0.2, 0.25) is 0 Å². The highest BCUT2D eigenvalue weighted by molar-refractivity contribution is 7.89. The maximum absolute atomic E-state index is 15.1. The van der Waals surface area contributed by atoms with Crippen molar-refractivity contribution >= 4 is 43.1 Å². The molecule has 4 heterocycles. The third kappa shape index (κ3) is 7.40. The van der Waals surface area contributed by atoms with E-state index < -0.39 is 21.4 Å². The maximum Gasteiger partial charge on any atom is 0.274 e. The number of nitrogens with zero attached hydrogens (tertiary/aromatic N) is 5. The van der Waals surface area contributed by atoms with Gasteiger partial charge in [-0.2, -0.15) is 9.29 Å². The van der Waals surface area contributed by atoms with Crippen LogP contribution in [0.3, 0.4) is 0 Å². The minimum absolute atomic E-state index is 0.0147. The average Bonchev–Trinajstić information content (AvgIpc) is 3.36. The second kappa shape index (κ2) is 12.3. The van der Waals surface area contributed by atoms with Crippen LogP contribution in [0.15, 0.2) is 30.6 Å². The first kappa shape index (κ1) is 29.8. The van der Waals surface area contributed by atoms with Crippen molar-refractivity contribution in [3.63, 3.8) is 0 Å². The van der Waals surface area contributed by atoms with Gasteiger partial charge in [-0.25, -0.2) is 22.8 Å². The second-order valence-electron chi connectivity index (χ2n) is 11.4. The number of anilines is 1. The van der Waals surface area contributed by atoms with E-state index >= 15 is 4.39 Å². The monoisotopic (exact) mass is 603 g/mol. The van der Waals surface area contributed by atoms with Gasteiger partial charge in [0, 0.05) is 51.4 Å². The fourth-order valence-electron chi connectivity index (χ4n) is 5.12. The van der Waals surface area contributed by atoms with Crippen LogP contribution in [-0.4, -0.2) is 76.4 Å². The Morgan fingerprint density at radius 2 is 1.90 bits per heavy atom. The third-order valence-corrected chi connectivity index (χ3v) is 10.3. The molecule has 2 aliphatic rings. The zero-order chi connectivity index (χ0) is 29.2. The van der Waals surface area contributed by atoms with Gasteiger partial charge in [-0.3, -0.25) is 0 Å². The van der Waals surface area contributed by atoms with Gasteiger partial charge in [0.2, 0.25) is 16.0 Å². The lowest BCUT2D eigenvalue weighted by atomic mass is 10.00. The SMILES string of the molecule is CCCc1cnc(N2CCC(Oc3nc4c(F)cc(C5=CCN(S(=O)(=O)CCC(C)(C)O)CC5)cc4s3)CC2)nc1. The second-order valence-corrected chi connectivity index (χ2v) is 14.5. The summed E-state index contributed by atoms with van der Waals surface area (Å²) < 4.78 is 48.8. The van der Waals surface area contributed by atoms with Crippen molar-refractivity contribution in [1.82, 2.24) is 19.3 Å². The third-order valence-electron chi connectivity index (χ3n) is 7.56. The Balaban J connectivity index is 1.20. The number of sulfonamides is 1. The Hall–Kier alpha value is -2.67. The topological polar surface area (TPSA) is 109 Å². The first-order valence-corrected chi connectivity index (χ1v) is 16.7. The quantitative estimate of drug-likeness (QED) is 0.352. The van der Waals surface area contributed by atoms with Crippen molar-refractivity contribution < 1.29 is 22.7 Å². The number of ether oxygens (including phenoxy) is 1. The van der Waals surface area contributed by atoms with Crippen molar-refractivity contribution in [1.29, 1.82) is 0 Å². The lowest BCUT2D eigenvalue weighted by molar-refractivity contribution is 0.0769. The molecule has 0 spiro atoms. The molecule has 2 aromatic heterocycles. The van der Waals surface area contributed by atoms with E-state index in [1.54, 1.807) is 13.8 Å². The highest BCUT2D eigenvalue weighted by Crippen LogP contribution is 2.35. The fourth-order valence-corrected chi connectivity index (χ4v) is 7.74. The lowest BCUT2D eigenvalue weighted by Crippen LogP contribution is -2.39. The van der Waals surface area contributed by atoms with Crippen molar-refractivity contribution in [2.24, 2.45) is 0 Å². The van der Waals surface area contributed by atoms with Gasteiger partial charge >= 0.3 is 0 Å². The number of halogens is 1. The van der Waals surface area contributed by atoms with Gasteiger partial charge in [-0.05, 0) is 61.9 Å². The number of benzene rings is 1. The van der Waals surface area contributed by atoms with Crippen LogP contribution in [0, 0.1) is 5.82 Å². The van der Waals surface area contributed by atoms with E-state index in [1.807, 2.05) is 24.5 Å². The van der Waals surface area contributed by atoms with Crippen LogP contribution in [0.5, 0.6) is 5.19 Å². The largest absolute Gasteiger partial charge is 0.467 e. The van der Waals surface area contributed by atoms with Crippen LogP contribution in [0.25, 0.3) is 15.8 Å². The van der Waals surface area contributed by atoms with E-state index in [0.717, 1.165) is 61.4 Å². The average molecular weight is 604 g/mol. The van der Waals surface area contributed by atoms with Crippen molar-refractivity contribution in [2.45, 2.75) is 71.0 Å². The molecule has 1 aromatic carbocycles. The molecule has 0 unspecified atom stereocenters. The molecule has 1 saturated heterocycles. The summed E-state index contributed by atoms with van der Waals surface area (Å²) >= 11 is 1.33. The predicted octanol–water partition coefficient (Wildman–Crippen LogP) is 4.81. The Morgan fingerprint density at radius 3 is 2.54 bits per heavy atom. The fraction of sp³-hybridized carbons (Fsp3) is 0.552. The van der Waals surface area contributed by atoms with Crippen LogP contribution < -0.4 is 9.64 Å². The normalized spacial score (nSPS) is 17.7.